The number of nitrogen functional groups attached to an aromatic ring is 1. The number of benzene rings is 4. The minimum atomic E-state index is -0.173. The molecule has 0 aliphatic heterocycles. The maximum atomic E-state index is 12.6. The van der Waals surface area contributed by atoms with Gasteiger partial charge in [-0.05, 0) is 60.2 Å². The third-order valence-electron chi connectivity index (χ3n) is 4.75. The Labute approximate surface area is 180 Å². The van der Waals surface area contributed by atoms with Crippen molar-refractivity contribution in [1.82, 2.24) is 0 Å². The van der Waals surface area contributed by atoms with Crippen molar-refractivity contribution in [1.29, 1.82) is 5.41 Å². The van der Waals surface area contributed by atoms with Crippen molar-refractivity contribution in [2.45, 2.75) is 0 Å². The highest BCUT2D eigenvalue weighted by molar-refractivity contribution is 6.04. The van der Waals surface area contributed by atoms with E-state index in [2.05, 4.69) is 5.32 Å². The van der Waals surface area contributed by atoms with E-state index in [4.69, 9.17) is 15.9 Å². The lowest BCUT2D eigenvalue weighted by molar-refractivity contribution is 0.102. The van der Waals surface area contributed by atoms with E-state index in [1.165, 1.54) is 0 Å². The van der Waals surface area contributed by atoms with E-state index in [1.807, 2.05) is 66.7 Å². The van der Waals surface area contributed by atoms with E-state index >= 15 is 0 Å². The van der Waals surface area contributed by atoms with Crippen LogP contribution in [0.15, 0.2) is 103 Å². The van der Waals surface area contributed by atoms with E-state index in [0.29, 0.717) is 28.3 Å². The van der Waals surface area contributed by atoms with Crippen LogP contribution < -0.4 is 15.8 Å². The first-order valence-corrected chi connectivity index (χ1v) is 9.78. The fourth-order valence-electron chi connectivity index (χ4n) is 3.16. The van der Waals surface area contributed by atoms with Crippen LogP contribution in [0.25, 0.3) is 11.1 Å². The van der Waals surface area contributed by atoms with E-state index < -0.39 is 0 Å². The minimum absolute atomic E-state index is 0.00929. The van der Waals surface area contributed by atoms with Crippen LogP contribution in [0.1, 0.15) is 15.9 Å². The molecule has 5 heteroatoms. The zero-order valence-corrected chi connectivity index (χ0v) is 16.7. The van der Waals surface area contributed by atoms with Gasteiger partial charge >= 0.3 is 0 Å². The van der Waals surface area contributed by atoms with Gasteiger partial charge in [0.15, 0.2) is 0 Å². The summed E-state index contributed by atoms with van der Waals surface area (Å²) in [6.45, 7) is 0. The Morgan fingerprint density at radius 3 is 2.06 bits per heavy atom. The zero-order chi connectivity index (χ0) is 21.6. The van der Waals surface area contributed by atoms with Crippen molar-refractivity contribution in [3.05, 3.63) is 114 Å². The Kier molecular flexibility index (Phi) is 5.76. The van der Waals surface area contributed by atoms with Gasteiger partial charge in [-0.1, -0.05) is 48.5 Å². The number of carbonyl (C=O) groups excluding carboxylic acids is 1. The summed E-state index contributed by atoms with van der Waals surface area (Å²) >= 11 is 0. The average molecular weight is 407 g/mol. The lowest BCUT2D eigenvalue weighted by Crippen LogP contribution is -2.11. The first-order chi connectivity index (χ1) is 15.1. The Morgan fingerprint density at radius 2 is 1.42 bits per heavy atom. The third kappa shape index (κ3) is 4.79. The number of ether oxygens (including phenoxy) is 1. The van der Waals surface area contributed by atoms with Crippen LogP contribution in [-0.4, -0.2) is 11.7 Å². The fourth-order valence-corrected chi connectivity index (χ4v) is 3.16. The van der Waals surface area contributed by atoms with Crippen molar-refractivity contribution in [3.8, 4) is 22.6 Å². The highest BCUT2D eigenvalue weighted by Gasteiger charge is 2.12. The minimum Gasteiger partial charge on any atom is -0.457 e. The van der Waals surface area contributed by atoms with E-state index in [-0.39, 0.29) is 11.7 Å². The molecule has 4 N–H and O–H groups in total. The highest BCUT2D eigenvalue weighted by atomic mass is 16.5. The molecule has 0 unspecified atom stereocenters. The molecule has 0 heterocycles. The summed E-state index contributed by atoms with van der Waals surface area (Å²) in [4.78, 5) is 12.6. The van der Waals surface area contributed by atoms with Gasteiger partial charge in [0.25, 0.3) is 5.91 Å². The SMILES string of the molecule is N=C(N)c1ccc(Oc2ccc(NC(=O)c3ccccc3)cc2-c2ccccc2)cc1. The van der Waals surface area contributed by atoms with Gasteiger partial charge in [-0.15, -0.1) is 0 Å². The molecule has 0 radical (unpaired) electrons. The molecule has 0 spiro atoms. The predicted octanol–water partition coefficient (Wildman–Crippen LogP) is 5.68. The molecule has 0 fully saturated rings. The van der Waals surface area contributed by atoms with Gasteiger partial charge in [-0.25, -0.2) is 0 Å². The summed E-state index contributed by atoms with van der Waals surface area (Å²) in [5.74, 6) is 1.12. The van der Waals surface area contributed by atoms with Crippen LogP contribution in [-0.2, 0) is 0 Å². The molecule has 0 saturated heterocycles. The molecule has 5 nitrogen and oxygen atoms in total. The Bertz CT molecular complexity index is 1200. The number of nitrogens with two attached hydrogens (primary N) is 1. The average Bonchev–Trinajstić information content (AvgIpc) is 2.81. The Balaban J connectivity index is 1.65. The van der Waals surface area contributed by atoms with Gasteiger partial charge in [0, 0.05) is 22.4 Å². The molecule has 0 saturated carbocycles. The number of hydrogen-bond donors (Lipinski definition) is 3. The van der Waals surface area contributed by atoms with Gasteiger partial charge in [0.2, 0.25) is 0 Å². The van der Waals surface area contributed by atoms with Crippen LogP contribution in [0.2, 0.25) is 0 Å². The topological polar surface area (TPSA) is 88.2 Å². The largest absolute Gasteiger partial charge is 0.457 e. The molecule has 0 atom stereocenters. The standard InChI is InChI=1S/C26H21N3O2/c27-25(28)19-11-14-22(15-12-19)31-24-16-13-21(17-23(24)18-7-3-1-4-8-18)29-26(30)20-9-5-2-6-10-20/h1-17H,(H3,27,28)(H,29,30). The highest BCUT2D eigenvalue weighted by Crippen LogP contribution is 2.35. The fraction of sp³-hybridized carbons (Fsp3) is 0. The Hall–Kier alpha value is -4.38. The van der Waals surface area contributed by atoms with Crippen LogP contribution in [0.5, 0.6) is 11.5 Å². The van der Waals surface area contributed by atoms with E-state index in [9.17, 15) is 4.79 Å². The summed E-state index contributed by atoms with van der Waals surface area (Å²) < 4.78 is 6.12. The summed E-state index contributed by atoms with van der Waals surface area (Å²) in [5.41, 5.74) is 9.24. The summed E-state index contributed by atoms with van der Waals surface area (Å²) in [6.07, 6.45) is 0. The number of amidine groups is 1. The van der Waals surface area contributed by atoms with Crippen LogP contribution in [0, 0.1) is 5.41 Å². The second-order valence-corrected chi connectivity index (χ2v) is 6.94. The van der Waals surface area contributed by atoms with Crippen molar-refractivity contribution in [2.75, 3.05) is 5.32 Å². The molecule has 31 heavy (non-hydrogen) atoms. The summed E-state index contributed by atoms with van der Waals surface area (Å²) in [7, 11) is 0. The number of anilines is 1. The van der Waals surface area contributed by atoms with Crippen molar-refractivity contribution < 1.29 is 9.53 Å². The Morgan fingerprint density at radius 1 is 0.774 bits per heavy atom. The summed E-state index contributed by atoms with van der Waals surface area (Å²) in [6, 6.07) is 31.5. The molecule has 1 amide bonds. The molecule has 0 aliphatic rings. The molecule has 4 aromatic carbocycles. The maximum Gasteiger partial charge on any atom is 0.255 e. The van der Waals surface area contributed by atoms with E-state index in [1.54, 1.807) is 36.4 Å². The molecule has 0 aromatic heterocycles. The zero-order valence-electron chi connectivity index (χ0n) is 16.7. The van der Waals surface area contributed by atoms with Gasteiger partial charge < -0.3 is 15.8 Å². The normalized spacial score (nSPS) is 10.3. The molecule has 4 aromatic rings. The molecule has 0 aliphatic carbocycles. The number of nitrogens with one attached hydrogen (secondary N) is 2. The van der Waals surface area contributed by atoms with Crippen LogP contribution in [0.3, 0.4) is 0 Å². The molecule has 152 valence electrons. The number of amides is 1. The predicted molar refractivity (Wildman–Crippen MR) is 124 cm³/mol. The second-order valence-electron chi connectivity index (χ2n) is 6.94. The van der Waals surface area contributed by atoms with Gasteiger partial charge in [-0.3, -0.25) is 10.2 Å². The van der Waals surface area contributed by atoms with Crippen LogP contribution >= 0.6 is 0 Å². The first-order valence-electron chi connectivity index (χ1n) is 9.78. The van der Waals surface area contributed by atoms with Gasteiger partial charge in [0.1, 0.15) is 17.3 Å². The molecule has 4 rings (SSSR count). The third-order valence-corrected chi connectivity index (χ3v) is 4.75. The van der Waals surface area contributed by atoms with Crippen molar-refractivity contribution in [3.63, 3.8) is 0 Å². The second kappa shape index (κ2) is 8.97. The number of rotatable bonds is 6. The van der Waals surface area contributed by atoms with Crippen LogP contribution in [0.4, 0.5) is 5.69 Å². The summed E-state index contributed by atoms with van der Waals surface area (Å²) in [5, 5.41) is 10.5. The first kappa shape index (κ1) is 19.9. The number of hydrogen-bond acceptors (Lipinski definition) is 3. The monoisotopic (exact) mass is 407 g/mol. The molecule has 0 bridgehead atoms. The maximum absolute atomic E-state index is 12.6. The van der Waals surface area contributed by atoms with Gasteiger partial charge in [0.05, 0.1) is 0 Å². The number of carbonyl (C=O) groups is 1. The molecular weight excluding hydrogens is 386 g/mol. The van der Waals surface area contributed by atoms with Crippen molar-refractivity contribution >= 4 is 17.4 Å². The van der Waals surface area contributed by atoms with Gasteiger partial charge in [-0.2, -0.15) is 0 Å². The molecular formula is C26H21N3O2. The lowest BCUT2D eigenvalue weighted by Gasteiger charge is -2.14. The smallest absolute Gasteiger partial charge is 0.255 e. The van der Waals surface area contributed by atoms with E-state index in [0.717, 1.165) is 11.1 Å². The quantitative estimate of drug-likeness (QED) is 0.284. The lowest BCUT2D eigenvalue weighted by atomic mass is 10.0. The van der Waals surface area contributed by atoms with Crippen molar-refractivity contribution in [2.24, 2.45) is 5.73 Å².